The zero-order chi connectivity index (χ0) is 18.1. The van der Waals surface area contributed by atoms with Crippen molar-refractivity contribution in [2.75, 3.05) is 26.2 Å². The van der Waals surface area contributed by atoms with Crippen LogP contribution in [0.4, 0.5) is 18.0 Å². The van der Waals surface area contributed by atoms with E-state index in [1.165, 1.54) is 4.90 Å². The number of carbonyl (C=O) groups excluding carboxylic acids is 1. The van der Waals surface area contributed by atoms with Crippen molar-refractivity contribution in [3.63, 3.8) is 0 Å². The van der Waals surface area contributed by atoms with Crippen LogP contribution in [0.3, 0.4) is 0 Å². The molecule has 1 aliphatic rings. The van der Waals surface area contributed by atoms with Gasteiger partial charge in [0.05, 0.1) is 18.3 Å². The van der Waals surface area contributed by atoms with Crippen molar-refractivity contribution in [1.29, 1.82) is 0 Å². The van der Waals surface area contributed by atoms with Gasteiger partial charge in [-0.1, -0.05) is 0 Å². The fourth-order valence-electron chi connectivity index (χ4n) is 3.04. The van der Waals surface area contributed by atoms with Crippen molar-refractivity contribution in [3.05, 3.63) is 17.5 Å². The molecule has 136 valence electrons. The van der Waals surface area contributed by atoms with Crippen LogP contribution in [0.25, 0.3) is 0 Å². The highest BCUT2D eigenvalue weighted by Gasteiger charge is 2.36. The number of aryl methyl sites for hydroxylation is 2. The van der Waals surface area contributed by atoms with Gasteiger partial charge in [-0.05, 0) is 20.8 Å². The van der Waals surface area contributed by atoms with E-state index in [4.69, 9.17) is 0 Å². The summed E-state index contributed by atoms with van der Waals surface area (Å²) in [6.07, 6.45) is -2.37. The standard InChI is InChI=1S/C15H24F3N5O/c1-10-7-22(5-6-23(10)9-15(16,17)18)14(24)19-11(2)13-8-21(4)20-12(13)3/h8,10-11H,5-7,9H2,1-4H3,(H,19,24)/t10-,11+/m0/s1. The lowest BCUT2D eigenvalue weighted by molar-refractivity contribution is -0.153. The number of alkyl halides is 3. The Morgan fingerprint density at radius 1 is 1.46 bits per heavy atom. The second-order valence-corrected chi connectivity index (χ2v) is 6.40. The summed E-state index contributed by atoms with van der Waals surface area (Å²) in [6.45, 7) is 5.29. The van der Waals surface area contributed by atoms with Gasteiger partial charge in [0.15, 0.2) is 0 Å². The molecule has 1 aromatic heterocycles. The lowest BCUT2D eigenvalue weighted by Crippen LogP contribution is -2.57. The number of rotatable bonds is 3. The van der Waals surface area contributed by atoms with Crippen LogP contribution in [0, 0.1) is 6.92 Å². The van der Waals surface area contributed by atoms with Crippen molar-refractivity contribution in [2.24, 2.45) is 7.05 Å². The smallest absolute Gasteiger partial charge is 0.331 e. The van der Waals surface area contributed by atoms with E-state index in [9.17, 15) is 18.0 Å². The Morgan fingerprint density at radius 3 is 2.62 bits per heavy atom. The average molecular weight is 347 g/mol. The Labute approximate surface area is 139 Å². The monoisotopic (exact) mass is 347 g/mol. The fourth-order valence-corrected chi connectivity index (χ4v) is 3.04. The molecule has 1 aromatic rings. The molecule has 9 heteroatoms. The Morgan fingerprint density at radius 2 is 2.12 bits per heavy atom. The minimum absolute atomic E-state index is 0.213. The molecule has 0 unspecified atom stereocenters. The quantitative estimate of drug-likeness (QED) is 0.911. The third-order valence-corrected chi connectivity index (χ3v) is 4.29. The fraction of sp³-hybridized carbons (Fsp3) is 0.733. The van der Waals surface area contributed by atoms with Gasteiger partial charge in [0.25, 0.3) is 0 Å². The minimum atomic E-state index is -4.22. The van der Waals surface area contributed by atoms with Crippen LogP contribution in [-0.2, 0) is 7.05 Å². The first kappa shape index (κ1) is 18.6. The van der Waals surface area contributed by atoms with Crippen LogP contribution < -0.4 is 5.32 Å². The lowest BCUT2D eigenvalue weighted by atomic mass is 10.1. The molecule has 0 spiro atoms. The summed E-state index contributed by atoms with van der Waals surface area (Å²) in [5.74, 6) is 0. The maximum Gasteiger partial charge on any atom is 0.401 e. The summed E-state index contributed by atoms with van der Waals surface area (Å²) in [5.41, 5.74) is 1.77. The molecule has 1 saturated heterocycles. The van der Waals surface area contributed by atoms with E-state index in [0.717, 1.165) is 11.3 Å². The predicted octanol–water partition coefficient (Wildman–Crippen LogP) is 2.07. The van der Waals surface area contributed by atoms with Crippen molar-refractivity contribution < 1.29 is 18.0 Å². The number of hydrogen-bond acceptors (Lipinski definition) is 3. The Bertz CT molecular complexity index is 586. The predicted molar refractivity (Wildman–Crippen MR) is 83.6 cm³/mol. The van der Waals surface area contributed by atoms with E-state index in [-0.39, 0.29) is 37.7 Å². The van der Waals surface area contributed by atoms with E-state index in [1.54, 1.807) is 16.5 Å². The largest absolute Gasteiger partial charge is 0.401 e. The summed E-state index contributed by atoms with van der Waals surface area (Å²) < 4.78 is 39.3. The van der Waals surface area contributed by atoms with Crippen LogP contribution >= 0.6 is 0 Å². The molecule has 2 amide bonds. The van der Waals surface area contributed by atoms with E-state index in [1.807, 2.05) is 27.1 Å². The molecule has 0 aliphatic carbocycles. The second-order valence-electron chi connectivity index (χ2n) is 6.40. The van der Waals surface area contributed by atoms with Crippen molar-refractivity contribution in [1.82, 2.24) is 24.9 Å². The van der Waals surface area contributed by atoms with Gasteiger partial charge in [-0.2, -0.15) is 18.3 Å². The van der Waals surface area contributed by atoms with Gasteiger partial charge >= 0.3 is 12.2 Å². The highest BCUT2D eigenvalue weighted by molar-refractivity contribution is 5.75. The van der Waals surface area contributed by atoms with E-state index in [2.05, 4.69) is 10.4 Å². The molecule has 6 nitrogen and oxygen atoms in total. The summed E-state index contributed by atoms with van der Waals surface area (Å²) in [6, 6.07) is -0.805. The van der Waals surface area contributed by atoms with Gasteiger partial charge in [-0.3, -0.25) is 9.58 Å². The van der Waals surface area contributed by atoms with Crippen LogP contribution in [0.1, 0.15) is 31.1 Å². The molecular formula is C15H24F3N5O. The number of nitrogens with zero attached hydrogens (tertiary/aromatic N) is 4. The molecule has 0 radical (unpaired) electrons. The van der Waals surface area contributed by atoms with Gasteiger partial charge in [-0.15, -0.1) is 0 Å². The van der Waals surface area contributed by atoms with Gasteiger partial charge in [0.2, 0.25) is 0 Å². The minimum Gasteiger partial charge on any atom is -0.331 e. The molecule has 1 fully saturated rings. The van der Waals surface area contributed by atoms with Crippen LogP contribution in [-0.4, -0.2) is 64.0 Å². The Kier molecular flexibility index (Phi) is 5.42. The molecular weight excluding hydrogens is 323 g/mol. The first-order valence-electron chi connectivity index (χ1n) is 7.93. The van der Waals surface area contributed by atoms with E-state index < -0.39 is 12.7 Å². The number of amides is 2. The SMILES string of the molecule is Cc1nn(C)cc1[C@@H](C)NC(=O)N1CCN(CC(F)(F)F)[C@@H](C)C1. The Balaban J connectivity index is 1.91. The van der Waals surface area contributed by atoms with Crippen LogP contribution in [0.15, 0.2) is 6.20 Å². The summed E-state index contributed by atoms with van der Waals surface area (Å²) >= 11 is 0. The molecule has 2 rings (SSSR count). The van der Waals surface area contributed by atoms with Crippen LogP contribution in [0.2, 0.25) is 0 Å². The van der Waals surface area contributed by atoms with Gasteiger partial charge in [0, 0.05) is 44.5 Å². The van der Waals surface area contributed by atoms with Crippen molar-refractivity contribution in [2.45, 2.75) is 39.0 Å². The van der Waals surface area contributed by atoms with Crippen molar-refractivity contribution in [3.8, 4) is 0 Å². The molecule has 1 aliphatic heterocycles. The molecule has 24 heavy (non-hydrogen) atoms. The number of halogens is 3. The average Bonchev–Trinajstić information content (AvgIpc) is 2.78. The topological polar surface area (TPSA) is 53.4 Å². The highest BCUT2D eigenvalue weighted by atomic mass is 19.4. The van der Waals surface area contributed by atoms with E-state index in [0.29, 0.717) is 0 Å². The zero-order valence-electron chi connectivity index (χ0n) is 14.4. The molecule has 0 bridgehead atoms. The van der Waals surface area contributed by atoms with Crippen LogP contribution in [0.5, 0.6) is 0 Å². The van der Waals surface area contributed by atoms with E-state index >= 15 is 0 Å². The third kappa shape index (κ3) is 4.62. The number of aromatic nitrogens is 2. The first-order valence-corrected chi connectivity index (χ1v) is 7.93. The Hall–Kier alpha value is -1.77. The second kappa shape index (κ2) is 7.00. The third-order valence-electron chi connectivity index (χ3n) is 4.29. The number of nitrogens with one attached hydrogen (secondary N) is 1. The van der Waals surface area contributed by atoms with Crippen molar-refractivity contribution >= 4 is 6.03 Å². The first-order chi connectivity index (χ1) is 11.1. The molecule has 2 atom stereocenters. The molecule has 0 saturated carbocycles. The molecule has 0 aromatic carbocycles. The number of hydrogen-bond donors (Lipinski definition) is 1. The lowest BCUT2D eigenvalue weighted by Gasteiger charge is -2.40. The summed E-state index contributed by atoms with van der Waals surface area (Å²) in [7, 11) is 1.81. The maximum atomic E-state index is 12.5. The molecule has 2 heterocycles. The van der Waals surface area contributed by atoms with Gasteiger partial charge < -0.3 is 10.2 Å². The van der Waals surface area contributed by atoms with Gasteiger partial charge in [-0.25, -0.2) is 4.79 Å². The maximum absolute atomic E-state index is 12.5. The van der Waals surface area contributed by atoms with Gasteiger partial charge in [0.1, 0.15) is 0 Å². The molecule has 1 N–H and O–H groups in total. The number of urea groups is 1. The number of carbonyl (C=O) groups is 1. The zero-order valence-corrected chi connectivity index (χ0v) is 14.4. The highest BCUT2D eigenvalue weighted by Crippen LogP contribution is 2.21. The normalized spacial score (nSPS) is 21.0. The number of piperazine rings is 1. The summed E-state index contributed by atoms with van der Waals surface area (Å²) in [4.78, 5) is 15.3. The summed E-state index contributed by atoms with van der Waals surface area (Å²) in [5, 5.41) is 7.14.